The zero-order valence-corrected chi connectivity index (χ0v) is 10.9. The number of halogens is 3. The highest BCUT2D eigenvalue weighted by Gasteiger charge is 2.06. The van der Waals surface area contributed by atoms with Crippen LogP contribution >= 0.6 is 27.5 Å². The van der Waals surface area contributed by atoms with Gasteiger partial charge in [-0.2, -0.15) is 0 Å². The van der Waals surface area contributed by atoms with Crippen LogP contribution in [0, 0.1) is 5.82 Å². The molecule has 0 aliphatic heterocycles. The smallest absolute Gasteiger partial charge is 0.125 e. The molecule has 15 heavy (non-hydrogen) atoms. The maximum absolute atomic E-state index is 12.9. The number of hydrogen-bond donors (Lipinski definition) is 1. The summed E-state index contributed by atoms with van der Waals surface area (Å²) in [5.74, 6) is -0.348. The molecule has 4 heteroatoms. The van der Waals surface area contributed by atoms with Crippen LogP contribution in [0.5, 0.6) is 0 Å². The van der Waals surface area contributed by atoms with Crippen molar-refractivity contribution < 1.29 is 4.39 Å². The lowest BCUT2D eigenvalue weighted by Gasteiger charge is -2.09. The van der Waals surface area contributed by atoms with Crippen molar-refractivity contribution in [2.45, 2.75) is 13.8 Å². The Morgan fingerprint density at radius 3 is 2.73 bits per heavy atom. The largest absolute Gasteiger partial charge is 0.379 e. The monoisotopic (exact) mass is 291 g/mol. The Morgan fingerprint density at radius 1 is 1.53 bits per heavy atom. The Labute approximate surface area is 102 Å². The number of allylic oxidation sites excluding steroid dienone is 1. The van der Waals surface area contributed by atoms with Crippen molar-refractivity contribution in [3.05, 3.63) is 39.1 Å². The van der Waals surface area contributed by atoms with Crippen LogP contribution in [-0.2, 0) is 0 Å². The molecule has 0 aliphatic carbocycles. The third-order valence-electron chi connectivity index (χ3n) is 1.80. The first-order valence-corrected chi connectivity index (χ1v) is 5.69. The molecule has 0 saturated carbocycles. The van der Waals surface area contributed by atoms with Gasteiger partial charge in [-0.05, 0) is 41.9 Å². The van der Waals surface area contributed by atoms with Gasteiger partial charge < -0.3 is 5.32 Å². The molecular formula is C11H12BrClFN. The molecule has 0 radical (unpaired) electrons. The molecule has 0 aromatic heterocycles. The van der Waals surface area contributed by atoms with Crippen LogP contribution in [0.15, 0.2) is 28.3 Å². The molecule has 0 aliphatic rings. The molecule has 1 aromatic carbocycles. The highest BCUT2D eigenvalue weighted by molar-refractivity contribution is 9.10. The Balaban J connectivity index is 2.81. The van der Waals surface area contributed by atoms with E-state index in [1.165, 1.54) is 17.7 Å². The minimum absolute atomic E-state index is 0.348. The summed E-state index contributed by atoms with van der Waals surface area (Å²) >= 11 is 9.15. The molecule has 1 rings (SSSR count). The summed E-state index contributed by atoms with van der Waals surface area (Å²) in [6.07, 6.45) is 2.03. The molecule has 0 unspecified atom stereocenters. The number of anilines is 1. The first-order chi connectivity index (χ1) is 7.00. The van der Waals surface area contributed by atoms with Crippen molar-refractivity contribution in [2.24, 2.45) is 0 Å². The Morgan fingerprint density at radius 2 is 2.20 bits per heavy atom. The van der Waals surface area contributed by atoms with E-state index in [4.69, 9.17) is 11.6 Å². The molecule has 0 amide bonds. The van der Waals surface area contributed by atoms with E-state index in [1.54, 1.807) is 0 Å². The van der Waals surface area contributed by atoms with Crippen LogP contribution in [0.4, 0.5) is 10.1 Å². The van der Waals surface area contributed by atoms with Gasteiger partial charge in [0.15, 0.2) is 0 Å². The summed E-state index contributed by atoms with van der Waals surface area (Å²) in [7, 11) is 0. The maximum Gasteiger partial charge on any atom is 0.125 e. The minimum Gasteiger partial charge on any atom is -0.379 e. The SMILES string of the molecule is CC(C)=CCNc1c(Cl)cc(F)cc1Br. The van der Waals surface area contributed by atoms with Gasteiger partial charge in [-0.15, -0.1) is 0 Å². The van der Waals surface area contributed by atoms with E-state index in [1.807, 2.05) is 19.9 Å². The molecule has 0 spiro atoms. The van der Waals surface area contributed by atoms with Crippen LogP contribution in [-0.4, -0.2) is 6.54 Å². The number of nitrogens with one attached hydrogen (secondary N) is 1. The molecule has 1 N–H and O–H groups in total. The van der Waals surface area contributed by atoms with Gasteiger partial charge >= 0.3 is 0 Å². The van der Waals surface area contributed by atoms with Crippen LogP contribution in [0.1, 0.15) is 13.8 Å². The average molecular weight is 293 g/mol. The molecule has 0 saturated heterocycles. The third kappa shape index (κ3) is 3.84. The fraction of sp³-hybridized carbons (Fsp3) is 0.273. The number of rotatable bonds is 3. The quantitative estimate of drug-likeness (QED) is 0.802. The van der Waals surface area contributed by atoms with Crippen molar-refractivity contribution in [3.63, 3.8) is 0 Å². The van der Waals surface area contributed by atoms with Crippen molar-refractivity contribution in [2.75, 3.05) is 11.9 Å². The molecule has 1 aromatic rings. The second-order valence-electron chi connectivity index (χ2n) is 3.41. The zero-order valence-electron chi connectivity index (χ0n) is 8.57. The average Bonchev–Trinajstić information content (AvgIpc) is 2.08. The fourth-order valence-corrected chi connectivity index (χ4v) is 2.03. The standard InChI is InChI=1S/C11H12BrClFN/c1-7(2)3-4-15-11-9(12)5-8(14)6-10(11)13/h3,5-6,15H,4H2,1-2H3. The topological polar surface area (TPSA) is 12.0 Å². The molecule has 0 bridgehead atoms. The Kier molecular flexibility index (Phi) is 4.61. The summed E-state index contributed by atoms with van der Waals surface area (Å²) in [5.41, 5.74) is 1.94. The number of hydrogen-bond acceptors (Lipinski definition) is 1. The Hall–Kier alpha value is -0.540. The van der Waals surface area contributed by atoms with Crippen molar-refractivity contribution >= 4 is 33.2 Å². The van der Waals surface area contributed by atoms with Gasteiger partial charge in [0.1, 0.15) is 5.82 Å². The molecule has 0 atom stereocenters. The van der Waals surface area contributed by atoms with Crippen LogP contribution in [0.25, 0.3) is 0 Å². The van der Waals surface area contributed by atoms with E-state index >= 15 is 0 Å². The van der Waals surface area contributed by atoms with Gasteiger partial charge in [0.05, 0.1) is 10.7 Å². The molecule has 1 nitrogen and oxygen atoms in total. The van der Waals surface area contributed by atoms with E-state index in [9.17, 15) is 4.39 Å². The first kappa shape index (κ1) is 12.5. The normalized spacial score (nSPS) is 9.93. The minimum atomic E-state index is -0.348. The van der Waals surface area contributed by atoms with Crippen LogP contribution in [0.3, 0.4) is 0 Å². The Bertz CT molecular complexity index is 363. The molecule has 82 valence electrons. The summed E-state index contributed by atoms with van der Waals surface area (Å²) in [6.45, 7) is 4.71. The molecular weight excluding hydrogens is 280 g/mol. The van der Waals surface area contributed by atoms with Crippen LogP contribution in [0.2, 0.25) is 5.02 Å². The highest BCUT2D eigenvalue weighted by atomic mass is 79.9. The summed E-state index contributed by atoms with van der Waals surface area (Å²) in [6, 6.07) is 2.67. The molecule has 0 heterocycles. The predicted octanol–water partition coefficient (Wildman–Crippen LogP) is 4.62. The zero-order chi connectivity index (χ0) is 11.4. The fourth-order valence-electron chi connectivity index (χ4n) is 1.07. The van der Waals surface area contributed by atoms with E-state index in [0.29, 0.717) is 16.0 Å². The summed E-state index contributed by atoms with van der Waals surface area (Å²) in [4.78, 5) is 0. The highest BCUT2D eigenvalue weighted by Crippen LogP contribution is 2.31. The van der Waals surface area contributed by atoms with E-state index < -0.39 is 0 Å². The lowest BCUT2D eigenvalue weighted by atomic mass is 10.3. The van der Waals surface area contributed by atoms with Gasteiger partial charge in [-0.3, -0.25) is 0 Å². The lowest BCUT2D eigenvalue weighted by Crippen LogP contribution is -2.00. The first-order valence-electron chi connectivity index (χ1n) is 4.52. The summed E-state index contributed by atoms with van der Waals surface area (Å²) < 4.78 is 13.5. The number of benzene rings is 1. The van der Waals surface area contributed by atoms with Crippen molar-refractivity contribution in [1.82, 2.24) is 0 Å². The van der Waals surface area contributed by atoms with Gasteiger partial charge in [-0.25, -0.2) is 4.39 Å². The second-order valence-corrected chi connectivity index (χ2v) is 4.67. The molecule has 0 fully saturated rings. The van der Waals surface area contributed by atoms with E-state index in [0.717, 1.165) is 5.69 Å². The second kappa shape index (κ2) is 5.52. The van der Waals surface area contributed by atoms with Gasteiger partial charge in [0, 0.05) is 11.0 Å². The summed E-state index contributed by atoms with van der Waals surface area (Å²) in [5, 5.41) is 3.50. The van der Waals surface area contributed by atoms with E-state index in [2.05, 4.69) is 21.2 Å². The van der Waals surface area contributed by atoms with Gasteiger partial charge in [0.2, 0.25) is 0 Å². The van der Waals surface area contributed by atoms with Gasteiger partial charge in [0.25, 0.3) is 0 Å². The third-order valence-corrected chi connectivity index (χ3v) is 2.72. The van der Waals surface area contributed by atoms with E-state index in [-0.39, 0.29) is 5.82 Å². The predicted molar refractivity (Wildman–Crippen MR) is 67.0 cm³/mol. The maximum atomic E-state index is 12.9. The van der Waals surface area contributed by atoms with Crippen molar-refractivity contribution in [3.8, 4) is 0 Å². The van der Waals surface area contributed by atoms with Crippen molar-refractivity contribution in [1.29, 1.82) is 0 Å². The van der Waals surface area contributed by atoms with Gasteiger partial charge in [-0.1, -0.05) is 23.3 Å². The van der Waals surface area contributed by atoms with Crippen LogP contribution < -0.4 is 5.32 Å². The lowest BCUT2D eigenvalue weighted by molar-refractivity contribution is 0.627.